The maximum absolute atomic E-state index is 14.1. The average molecular weight is 1590 g/mol. The molecule has 16 rings (SSSR count). The largest absolute Gasteiger partial charge is 0.468 e. The van der Waals surface area contributed by atoms with Crippen LogP contribution in [0.1, 0.15) is 138 Å². The van der Waals surface area contributed by atoms with Crippen molar-refractivity contribution in [3.63, 3.8) is 0 Å². The number of ether oxygens (including phenoxy) is 6. The Bertz CT molecular complexity index is 3680. The van der Waals surface area contributed by atoms with Crippen molar-refractivity contribution in [3.05, 3.63) is 212 Å². The molecule has 0 N–H and O–H groups in total. The number of esters is 4. The summed E-state index contributed by atoms with van der Waals surface area (Å²) in [6, 6.07) is 73.5. The SMILES string of the molecule is CC(C)(C)c1ccc([S+]2CCOCC2)cc1.CCC1(OC(=O)COC(=O)C(C)(F)F)C2CC3CC(C2)CC1C3.CCOC(=O)C(OCCC(F)(F)C(C)(F)F)(OC(=O)C12CC3CC(CC(C3)C1)C2)C(F)(F)F.c1ccc([S+](c2ccccc2)c2ccccc2)cc1.c1ccc([S+](c2ccccc2)c2ccccc2)cc1. The van der Waals surface area contributed by atoms with E-state index < -0.39 is 90.9 Å². The molecule has 7 aromatic rings. The van der Waals surface area contributed by atoms with Crippen LogP contribution in [0.25, 0.3) is 0 Å². The molecular weight excluding hydrogens is 1480 g/mol. The Hall–Kier alpha value is -7.24. The van der Waals surface area contributed by atoms with E-state index >= 15 is 0 Å². The lowest BCUT2D eigenvalue weighted by atomic mass is 9.49. The monoisotopic (exact) mass is 1590 g/mol. The lowest BCUT2D eigenvalue weighted by Gasteiger charge is -2.60. The minimum Gasteiger partial charge on any atom is -0.461 e. The van der Waals surface area contributed by atoms with Gasteiger partial charge in [0.1, 0.15) is 17.1 Å². The second-order valence-electron chi connectivity index (χ2n) is 30.9. The van der Waals surface area contributed by atoms with Crippen molar-refractivity contribution in [1.82, 2.24) is 0 Å². The van der Waals surface area contributed by atoms with E-state index in [-0.39, 0.29) is 51.9 Å². The van der Waals surface area contributed by atoms with Crippen molar-refractivity contribution in [2.45, 2.75) is 207 Å². The molecule has 1 atom stereocenters. The van der Waals surface area contributed by atoms with Crippen LogP contribution in [0.15, 0.2) is 241 Å². The zero-order chi connectivity index (χ0) is 79.1. The lowest BCUT2D eigenvalue weighted by Crippen LogP contribution is -2.61. The predicted octanol–water partition coefficient (Wildman–Crippen LogP) is 21.2. The van der Waals surface area contributed by atoms with Crippen molar-refractivity contribution < 1.29 is 87.1 Å². The van der Waals surface area contributed by atoms with Gasteiger partial charge in [-0.3, -0.25) is 4.79 Å². The predicted molar refractivity (Wildman–Crippen MR) is 410 cm³/mol. The zero-order valence-corrected chi connectivity index (χ0v) is 66.0. The Kier molecular flexibility index (Phi) is 28.8. The van der Waals surface area contributed by atoms with Gasteiger partial charge in [0, 0.05) is 31.2 Å². The van der Waals surface area contributed by atoms with Crippen LogP contribution >= 0.6 is 0 Å². The maximum Gasteiger partial charge on any atom is 0.468 e. The molecule has 7 aromatic carbocycles. The summed E-state index contributed by atoms with van der Waals surface area (Å²) in [5.74, 6) is -18.0. The average Bonchev–Trinajstić information content (AvgIpc) is 0.734. The number of benzene rings is 7. The quantitative estimate of drug-likeness (QED) is 0.0226. The molecular formula is C88H102F9O10S3+3. The molecule has 8 bridgehead atoms. The van der Waals surface area contributed by atoms with E-state index in [0.29, 0.717) is 48.9 Å². The summed E-state index contributed by atoms with van der Waals surface area (Å²) in [7, 11) is 0.403. The molecule has 22 heteroatoms. The molecule has 1 aliphatic heterocycles. The number of hydrogen-bond donors (Lipinski definition) is 0. The van der Waals surface area contributed by atoms with Crippen LogP contribution < -0.4 is 0 Å². The Morgan fingerprint density at radius 3 is 1.18 bits per heavy atom. The van der Waals surface area contributed by atoms with Crippen molar-refractivity contribution in [1.29, 1.82) is 0 Å². The van der Waals surface area contributed by atoms with Gasteiger partial charge < -0.3 is 28.4 Å². The van der Waals surface area contributed by atoms with Crippen LogP contribution in [-0.4, -0.2) is 104 Å². The third-order valence-corrected chi connectivity index (χ3v) is 28.6. The second kappa shape index (κ2) is 37.2. The minimum atomic E-state index is -5.71. The lowest BCUT2D eigenvalue weighted by molar-refractivity contribution is -0.361. The number of carbonyl (C=O) groups is 4. The van der Waals surface area contributed by atoms with Gasteiger partial charge in [0.05, 0.1) is 53.6 Å². The summed E-state index contributed by atoms with van der Waals surface area (Å²) >= 11 is 0. The van der Waals surface area contributed by atoms with Gasteiger partial charge in [-0.25, -0.2) is 23.2 Å². The summed E-state index contributed by atoms with van der Waals surface area (Å²) in [6.07, 6.45) is 2.31. The first-order chi connectivity index (χ1) is 52.3. The first kappa shape index (κ1) is 85.2. The van der Waals surface area contributed by atoms with Crippen LogP contribution in [0.3, 0.4) is 0 Å². The zero-order valence-electron chi connectivity index (χ0n) is 63.5. The molecule has 1 unspecified atom stereocenters. The highest BCUT2D eigenvalue weighted by atomic mass is 32.2. The number of rotatable bonds is 21. The van der Waals surface area contributed by atoms with Crippen LogP contribution in [-0.2, 0) is 85.7 Å². The molecule has 9 fully saturated rings. The molecule has 0 spiro atoms. The number of hydrogen-bond acceptors (Lipinski definition) is 10. The number of halogens is 9. The third-order valence-electron chi connectivity index (χ3n) is 21.9. The smallest absolute Gasteiger partial charge is 0.461 e. The van der Waals surface area contributed by atoms with E-state index in [1.54, 1.807) is 0 Å². The summed E-state index contributed by atoms with van der Waals surface area (Å²) in [5.41, 5.74) is -0.0436. The van der Waals surface area contributed by atoms with E-state index in [2.05, 4.69) is 241 Å². The van der Waals surface area contributed by atoms with Gasteiger partial charge in [-0.2, -0.15) is 30.7 Å². The van der Waals surface area contributed by atoms with Crippen molar-refractivity contribution in [2.75, 3.05) is 44.5 Å². The topological polar surface area (TPSA) is 124 Å². The van der Waals surface area contributed by atoms with Gasteiger partial charge in [0.2, 0.25) is 0 Å². The van der Waals surface area contributed by atoms with E-state index in [9.17, 15) is 58.7 Å². The Morgan fingerprint density at radius 2 is 0.855 bits per heavy atom. The molecule has 8 saturated carbocycles. The van der Waals surface area contributed by atoms with E-state index in [1.165, 1.54) is 64.7 Å². The first-order valence-corrected chi connectivity index (χ1v) is 42.1. The van der Waals surface area contributed by atoms with Crippen molar-refractivity contribution >= 4 is 56.6 Å². The molecule has 9 aliphatic rings. The highest BCUT2D eigenvalue weighted by Gasteiger charge is 2.70. The fourth-order valence-electron chi connectivity index (χ4n) is 17.1. The molecule has 110 heavy (non-hydrogen) atoms. The van der Waals surface area contributed by atoms with E-state index in [1.807, 2.05) is 6.92 Å². The number of carbonyl (C=O) groups excluding carboxylic acids is 4. The fraction of sp³-hybridized carbons (Fsp3) is 0.477. The highest BCUT2D eigenvalue weighted by molar-refractivity contribution is 7.97. The van der Waals surface area contributed by atoms with Crippen LogP contribution in [0.5, 0.6) is 0 Å². The summed E-state index contributed by atoms with van der Waals surface area (Å²) in [5, 5.41) is 0. The molecule has 0 radical (unpaired) electrons. The standard InChI is InChI=1S/C21H27F7O5.2C18H15S.C17H24F2O4.C14H21OS/c1-3-31-16(30)20(21(26,27)28,32-5-4-19(24,25)17(2,22)23)33-15(29)18-9-12-6-13(10-18)8-14(7-12)11-18;2*1-4-10-16(11-5-1)19(17-12-6-2-7-13-17)18-14-8-3-9-15-18;1-3-17(23-14(20)9-22-15(21)16(2,18)19)12-5-10-4-11(7-12)8-13(17)6-10;1-14(2,3)12-4-6-13(7-5-12)16-10-8-15-9-11-16/h12-14H,3-11H2,1-2H3;2*1-15H;10-13H,3-9H2,1-2H3;4-7H,8-11H2,1-3H3/q;2*+1;;+1. The minimum absolute atomic E-state index is 0.0146. The van der Waals surface area contributed by atoms with Crippen molar-refractivity contribution in [3.8, 4) is 0 Å². The van der Waals surface area contributed by atoms with Gasteiger partial charge in [0.15, 0.2) is 40.9 Å². The van der Waals surface area contributed by atoms with Crippen LogP contribution in [0.4, 0.5) is 39.5 Å². The van der Waals surface area contributed by atoms with Crippen LogP contribution in [0.2, 0.25) is 0 Å². The van der Waals surface area contributed by atoms with Gasteiger partial charge in [-0.1, -0.05) is 149 Å². The number of alkyl halides is 9. The summed E-state index contributed by atoms with van der Waals surface area (Å²) in [6.45, 7) is 9.28. The Balaban J connectivity index is 0.000000150. The Morgan fingerprint density at radius 1 is 0.482 bits per heavy atom. The molecule has 1 heterocycles. The van der Waals surface area contributed by atoms with Gasteiger partial charge in [-0.15, -0.1) is 0 Å². The molecule has 0 aromatic heterocycles. The fourth-order valence-corrected chi connectivity index (χ4v) is 23.1. The summed E-state index contributed by atoms with van der Waals surface area (Å²) < 4.78 is 150. The second-order valence-corrected chi connectivity index (χ2v) is 37.3. The molecule has 8 aliphatic carbocycles. The molecule has 1 saturated heterocycles. The molecule has 0 amide bonds. The normalized spacial score (nSPS) is 23.8. The highest BCUT2D eigenvalue weighted by Crippen LogP contribution is 2.62. The van der Waals surface area contributed by atoms with Crippen LogP contribution in [0, 0.1) is 46.8 Å². The van der Waals surface area contributed by atoms with Gasteiger partial charge >= 0.3 is 53.6 Å². The van der Waals surface area contributed by atoms with E-state index in [4.69, 9.17) is 14.2 Å². The molecule has 592 valence electrons. The van der Waals surface area contributed by atoms with Gasteiger partial charge in [0.25, 0.3) is 0 Å². The summed E-state index contributed by atoms with van der Waals surface area (Å²) in [4.78, 5) is 58.3. The van der Waals surface area contributed by atoms with Crippen molar-refractivity contribution in [2.24, 2.45) is 46.8 Å². The Labute approximate surface area is 650 Å². The first-order valence-electron chi connectivity index (χ1n) is 38.1. The van der Waals surface area contributed by atoms with Gasteiger partial charge in [-0.05, 0) is 221 Å². The third kappa shape index (κ3) is 21.3. The molecule has 10 nitrogen and oxygen atoms in total. The van der Waals surface area contributed by atoms with E-state index in [0.717, 1.165) is 76.4 Å². The maximum atomic E-state index is 14.1.